The van der Waals surface area contributed by atoms with Gasteiger partial charge in [-0.1, -0.05) is 0 Å². The first-order valence-electron chi connectivity index (χ1n) is 6.32. The van der Waals surface area contributed by atoms with Crippen LogP contribution >= 0.6 is 15.9 Å². The molecule has 0 bridgehead atoms. The van der Waals surface area contributed by atoms with Crippen LogP contribution in [0.5, 0.6) is 11.5 Å². The van der Waals surface area contributed by atoms with Gasteiger partial charge in [0.15, 0.2) is 0 Å². The average Bonchev–Trinajstić information content (AvgIpc) is 2.48. The number of nitrogens with two attached hydrogens (primary N) is 1. The Balaban J connectivity index is 2.45. The van der Waals surface area contributed by atoms with Crippen LogP contribution in [-0.4, -0.2) is 28.8 Å². The fourth-order valence-electron chi connectivity index (χ4n) is 2.63. The third-order valence-electron chi connectivity index (χ3n) is 3.66. The second-order valence-electron chi connectivity index (χ2n) is 4.83. The Bertz CT molecular complexity index is 861. The summed E-state index contributed by atoms with van der Waals surface area (Å²) in [5.41, 5.74) is 5.96. The van der Waals surface area contributed by atoms with E-state index in [9.17, 15) is 19.8 Å². The van der Waals surface area contributed by atoms with Crippen LogP contribution in [-0.2, 0) is 0 Å². The van der Waals surface area contributed by atoms with Gasteiger partial charge in [0.1, 0.15) is 11.5 Å². The quantitative estimate of drug-likeness (QED) is 0.390. The van der Waals surface area contributed by atoms with Gasteiger partial charge in [-0.25, -0.2) is 0 Å². The molecular weight excluding hydrogens is 352 g/mol. The van der Waals surface area contributed by atoms with Crippen LogP contribution in [0.2, 0.25) is 0 Å². The van der Waals surface area contributed by atoms with Crippen molar-refractivity contribution in [3.63, 3.8) is 0 Å². The van der Waals surface area contributed by atoms with Gasteiger partial charge in [0.25, 0.3) is 0 Å². The van der Waals surface area contributed by atoms with Crippen molar-refractivity contribution in [2.24, 2.45) is 0 Å². The lowest BCUT2D eigenvalue weighted by Crippen LogP contribution is -2.24. The smallest absolute Gasteiger partial charge is 0.200 e. The Morgan fingerprint density at radius 2 is 1.59 bits per heavy atom. The number of fused-ring (bicyclic) bond motifs is 2. The Morgan fingerprint density at radius 3 is 2.23 bits per heavy atom. The van der Waals surface area contributed by atoms with Crippen LogP contribution < -0.4 is 11.1 Å². The molecule has 0 fully saturated rings. The lowest BCUT2D eigenvalue weighted by Gasteiger charge is -2.23. The highest BCUT2D eigenvalue weighted by molar-refractivity contribution is 9.10. The summed E-state index contributed by atoms with van der Waals surface area (Å²) in [6.07, 6.45) is 0. The zero-order chi connectivity index (χ0) is 16.2. The number of nitrogen functional groups attached to an aromatic ring is 1. The minimum Gasteiger partial charge on any atom is -0.507 e. The Morgan fingerprint density at radius 1 is 1.00 bits per heavy atom. The van der Waals surface area contributed by atoms with Gasteiger partial charge in [-0.15, -0.1) is 0 Å². The molecule has 0 radical (unpaired) electrons. The van der Waals surface area contributed by atoms with E-state index >= 15 is 0 Å². The number of ketones is 2. The molecule has 0 amide bonds. The molecule has 112 valence electrons. The van der Waals surface area contributed by atoms with Crippen LogP contribution in [0.4, 0.5) is 11.4 Å². The second-order valence-corrected chi connectivity index (χ2v) is 5.69. The van der Waals surface area contributed by atoms with E-state index in [1.807, 2.05) is 0 Å². The largest absolute Gasteiger partial charge is 0.507 e. The molecule has 5 N–H and O–H groups in total. The molecule has 0 spiro atoms. The summed E-state index contributed by atoms with van der Waals surface area (Å²) >= 11 is 3.14. The third kappa shape index (κ3) is 1.72. The highest BCUT2D eigenvalue weighted by atomic mass is 79.9. The molecule has 6 nitrogen and oxygen atoms in total. The highest BCUT2D eigenvalue weighted by Gasteiger charge is 2.38. The molecular formula is C15H11BrN2O4. The lowest BCUT2D eigenvalue weighted by molar-refractivity contribution is 0.0975. The molecule has 3 rings (SSSR count). The van der Waals surface area contributed by atoms with Crippen molar-refractivity contribution in [1.82, 2.24) is 0 Å². The summed E-state index contributed by atoms with van der Waals surface area (Å²) < 4.78 is 0.303. The normalized spacial score (nSPS) is 12.8. The first-order valence-corrected chi connectivity index (χ1v) is 7.11. The zero-order valence-corrected chi connectivity index (χ0v) is 13.0. The number of hydrogen-bond donors (Lipinski definition) is 4. The van der Waals surface area contributed by atoms with Crippen molar-refractivity contribution in [2.75, 3.05) is 18.1 Å². The monoisotopic (exact) mass is 362 g/mol. The van der Waals surface area contributed by atoms with Gasteiger partial charge in [0.05, 0.1) is 27.9 Å². The van der Waals surface area contributed by atoms with Crippen LogP contribution in [0.1, 0.15) is 31.8 Å². The molecule has 2 aromatic rings. The van der Waals surface area contributed by atoms with Crippen molar-refractivity contribution in [2.45, 2.75) is 0 Å². The van der Waals surface area contributed by atoms with Gasteiger partial charge >= 0.3 is 0 Å². The van der Waals surface area contributed by atoms with E-state index < -0.39 is 11.6 Å². The highest BCUT2D eigenvalue weighted by Crippen LogP contribution is 2.43. The predicted molar refractivity (Wildman–Crippen MR) is 84.7 cm³/mol. The van der Waals surface area contributed by atoms with E-state index in [2.05, 4.69) is 21.2 Å². The number of carbonyl (C=O) groups is 2. The maximum atomic E-state index is 12.7. The fourth-order valence-corrected chi connectivity index (χ4v) is 3.05. The molecule has 0 unspecified atom stereocenters. The second kappa shape index (κ2) is 4.74. The summed E-state index contributed by atoms with van der Waals surface area (Å²) in [7, 11) is 1.59. The number of phenolic OH excluding ortho intramolecular Hbond substituents is 2. The summed E-state index contributed by atoms with van der Waals surface area (Å²) in [6.45, 7) is 0. The van der Waals surface area contributed by atoms with E-state index in [4.69, 9.17) is 5.73 Å². The lowest BCUT2D eigenvalue weighted by atomic mass is 9.81. The van der Waals surface area contributed by atoms with Crippen molar-refractivity contribution in [3.05, 3.63) is 44.9 Å². The number of nitrogens with one attached hydrogen (secondary N) is 1. The molecule has 2 aromatic carbocycles. The van der Waals surface area contributed by atoms with Crippen LogP contribution in [0, 0.1) is 0 Å². The number of halogens is 1. The van der Waals surface area contributed by atoms with Gasteiger partial charge in [-0.2, -0.15) is 0 Å². The molecule has 0 atom stereocenters. The number of rotatable bonds is 1. The number of carbonyl (C=O) groups excluding carboxylic acids is 2. The summed E-state index contributed by atoms with van der Waals surface area (Å²) in [5, 5.41) is 22.9. The molecule has 0 heterocycles. The SMILES string of the molecule is CNc1ccc(O)c2c1C(=O)c1c(O)cc(Br)c(N)c1C2=O. The van der Waals surface area contributed by atoms with E-state index in [1.54, 1.807) is 7.05 Å². The Hall–Kier alpha value is -2.54. The van der Waals surface area contributed by atoms with E-state index in [1.165, 1.54) is 18.2 Å². The Kier molecular flexibility index (Phi) is 3.10. The van der Waals surface area contributed by atoms with Gasteiger partial charge in [-0.3, -0.25) is 9.59 Å². The van der Waals surface area contributed by atoms with Gasteiger partial charge in [-0.05, 0) is 34.1 Å². The van der Waals surface area contributed by atoms with Crippen molar-refractivity contribution >= 4 is 38.9 Å². The standard InChI is InChI=1S/C15H11BrN2O4/c1-18-6-2-3-7(19)10-9(6)14(21)11-8(20)4-5(16)13(17)12(11)15(10)22/h2-4,18-20H,17H2,1H3. The maximum absolute atomic E-state index is 12.7. The molecule has 0 aliphatic heterocycles. The number of hydrogen-bond acceptors (Lipinski definition) is 6. The van der Waals surface area contributed by atoms with E-state index in [0.29, 0.717) is 10.2 Å². The molecule has 1 aliphatic carbocycles. The minimum absolute atomic E-state index is 0.0250. The number of aromatic hydroxyl groups is 2. The molecule has 0 saturated heterocycles. The predicted octanol–water partition coefficient (Wildman–Crippen LogP) is 2.26. The Labute approximate surface area is 133 Å². The van der Waals surface area contributed by atoms with E-state index in [0.717, 1.165) is 0 Å². The van der Waals surface area contributed by atoms with Gasteiger partial charge < -0.3 is 21.3 Å². The van der Waals surface area contributed by atoms with Crippen molar-refractivity contribution in [3.8, 4) is 11.5 Å². The number of anilines is 2. The molecule has 0 aromatic heterocycles. The van der Waals surface area contributed by atoms with Gasteiger partial charge in [0.2, 0.25) is 11.6 Å². The van der Waals surface area contributed by atoms with Crippen LogP contribution in [0.15, 0.2) is 22.7 Å². The maximum Gasteiger partial charge on any atom is 0.200 e. The van der Waals surface area contributed by atoms with Crippen LogP contribution in [0.3, 0.4) is 0 Å². The van der Waals surface area contributed by atoms with Crippen LogP contribution in [0.25, 0.3) is 0 Å². The van der Waals surface area contributed by atoms with Crippen molar-refractivity contribution in [1.29, 1.82) is 0 Å². The molecule has 1 aliphatic rings. The summed E-state index contributed by atoms with van der Waals surface area (Å²) in [6, 6.07) is 4.09. The molecule has 7 heteroatoms. The third-order valence-corrected chi connectivity index (χ3v) is 4.31. The minimum atomic E-state index is -0.603. The summed E-state index contributed by atoms with van der Waals surface area (Å²) in [5.74, 6) is -1.82. The molecule has 0 saturated carbocycles. The average molecular weight is 363 g/mol. The first kappa shape index (κ1) is 14.4. The zero-order valence-electron chi connectivity index (χ0n) is 11.4. The number of benzene rings is 2. The number of phenols is 2. The fraction of sp³-hybridized carbons (Fsp3) is 0.0667. The van der Waals surface area contributed by atoms with Crippen molar-refractivity contribution < 1.29 is 19.8 Å². The molecule has 22 heavy (non-hydrogen) atoms. The topological polar surface area (TPSA) is 113 Å². The summed E-state index contributed by atoms with van der Waals surface area (Å²) in [4.78, 5) is 25.5. The van der Waals surface area contributed by atoms with E-state index in [-0.39, 0.29) is 39.4 Å². The van der Waals surface area contributed by atoms with Gasteiger partial charge in [0, 0.05) is 17.2 Å². The first-order chi connectivity index (χ1) is 10.4.